The summed E-state index contributed by atoms with van der Waals surface area (Å²) in [5.41, 5.74) is 8.49. The lowest BCUT2D eigenvalue weighted by Gasteiger charge is -2.17. The van der Waals surface area contributed by atoms with Gasteiger partial charge in [-0.3, -0.25) is 5.43 Å². The molecular weight excluding hydrogens is 298 g/mol. The lowest BCUT2D eigenvalue weighted by Crippen LogP contribution is -2.24. The zero-order chi connectivity index (χ0) is 15.1. The molecule has 1 aromatic carbocycles. The van der Waals surface area contributed by atoms with E-state index in [0.29, 0.717) is 16.5 Å². The van der Waals surface area contributed by atoms with Gasteiger partial charge in [-0.25, -0.2) is 0 Å². The molecule has 5 nitrogen and oxygen atoms in total. The first-order valence-corrected chi connectivity index (χ1v) is 6.89. The Balaban J connectivity index is 3.00. The van der Waals surface area contributed by atoms with Crippen molar-refractivity contribution in [1.29, 1.82) is 0 Å². The highest BCUT2D eigenvalue weighted by Crippen LogP contribution is 2.36. The van der Waals surface area contributed by atoms with Crippen LogP contribution in [-0.4, -0.2) is 24.5 Å². The SMILES string of the molecule is CCC(C)Oc1c(Cl)cc(C=NNC(N)=S)cc1OC. The maximum absolute atomic E-state index is 6.22. The van der Waals surface area contributed by atoms with Gasteiger partial charge in [0.25, 0.3) is 0 Å². The fraction of sp³-hybridized carbons (Fsp3) is 0.385. The van der Waals surface area contributed by atoms with Crippen LogP contribution in [0.2, 0.25) is 5.02 Å². The van der Waals surface area contributed by atoms with Crippen LogP contribution in [0, 0.1) is 0 Å². The van der Waals surface area contributed by atoms with Crippen LogP contribution in [0.5, 0.6) is 11.5 Å². The number of hydrogen-bond donors (Lipinski definition) is 2. The average molecular weight is 316 g/mol. The number of halogens is 1. The maximum atomic E-state index is 6.22. The number of methoxy groups -OCH3 is 1. The number of nitrogens with one attached hydrogen (secondary N) is 1. The van der Waals surface area contributed by atoms with E-state index in [4.69, 9.17) is 26.8 Å². The van der Waals surface area contributed by atoms with E-state index >= 15 is 0 Å². The number of hydrazone groups is 1. The Bertz CT molecular complexity index is 509. The molecule has 0 aliphatic heterocycles. The molecule has 0 bridgehead atoms. The Morgan fingerprint density at radius 1 is 1.60 bits per heavy atom. The quantitative estimate of drug-likeness (QED) is 0.480. The second-order valence-electron chi connectivity index (χ2n) is 4.11. The molecule has 1 atom stereocenters. The first kappa shape index (κ1) is 16.5. The van der Waals surface area contributed by atoms with Gasteiger partial charge >= 0.3 is 0 Å². The van der Waals surface area contributed by atoms with Crippen LogP contribution in [0.25, 0.3) is 0 Å². The third kappa shape index (κ3) is 4.86. The summed E-state index contributed by atoms with van der Waals surface area (Å²) in [6, 6.07) is 3.50. The van der Waals surface area contributed by atoms with Crippen LogP contribution in [-0.2, 0) is 0 Å². The van der Waals surface area contributed by atoms with Crippen molar-refractivity contribution >= 4 is 35.1 Å². The topological polar surface area (TPSA) is 68.9 Å². The molecule has 1 rings (SSSR count). The van der Waals surface area contributed by atoms with Gasteiger partial charge in [-0.05, 0) is 43.3 Å². The first-order valence-electron chi connectivity index (χ1n) is 6.10. The number of ether oxygens (including phenoxy) is 2. The van der Waals surface area contributed by atoms with Crippen LogP contribution in [0.15, 0.2) is 17.2 Å². The minimum Gasteiger partial charge on any atom is -0.493 e. The van der Waals surface area contributed by atoms with Crippen LogP contribution >= 0.6 is 23.8 Å². The van der Waals surface area contributed by atoms with Gasteiger partial charge in [0.15, 0.2) is 16.6 Å². The van der Waals surface area contributed by atoms with E-state index in [1.807, 2.05) is 13.8 Å². The molecule has 3 N–H and O–H groups in total. The average Bonchev–Trinajstić information content (AvgIpc) is 2.40. The maximum Gasteiger partial charge on any atom is 0.184 e. The van der Waals surface area contributed by atoms with Gasteiger partial charge in [0.1, 0.15) is 0 Å². The van der Waals surface area contributed by atoms with E-state index in [9.17, 15) is 0 Å². The molecule has 1 aromatic rings. The van der Waals surface area contributed by atoms with Gasteiger partial charge in [-0.2, -0.15) is 5.10 Å². The zero-order valence-electron chi connectivity index (χ0n) is 11.6. The molecule has 0 saturated heterocycles. The summed E-state index contributed by atoms with van der Waals surface area (Å²) in [5, 5.41) is 4.42. The van der Waals surface area contributed by atoms with Crippen molar-refractivity contribution in [3.05, 3.63) is 22.7 Å². The summed E-state index contributed by atoms with van der Waals surface area (Å²) >= 11 is 10.9. The van der Waals surface area contributed by atoms with Crippen LogP contribution in [0.1, 0.15) is 25.8 Å². The van der Waals surface area contributed by atoms with E-state index < -0.39 is 0 Å². The molecule has 1 unspecified atom stereocenters. The number of nitrogens with zero attached hydrogens (tertiary/aromatic N) is 1. The number of thiocarbonyl (C=S) groups is 1. The molecule has 0 saturated carbocycles. The number of hydrogen-bond acceptors (Lipinski definition) is 4. The molecule has 0 heterocycles. The van der Waals surface area contributed by atoms with E-state index in [1.54, 1.807) is 25.5 Å². The lowest BCUT2D eigenvalue weighted by atomic mass is 10.2. The highest BCUT2D eigenvalue weighted by atomic mass is 35.5. The van der Waals surface area contributed by atoms with Crippen molar-refractivity contribution < 1.29 is 9.47 Å². The third-order valence-corrected chi connectivity index (χ3v) is 2.91. The minimum atomic E-state index is 0.0530. The molecule has 0 fully saturated rings. The highest BCUT2D eigenvalue weighted by molar-refractivity contribution is 7.80. The van der Waals surface area contributed by atoms with E-state index in [2.05, 4.69) is 22.7 Å². The van der Waals surface area contributed by atoms with Crippen molar-refractivity contribution in [1.82, 2.24) is 5.43 Å². The molecule has 0 amide bonds. The summed E-state index contributed by atoms with van der Waals surface area (Å²) in [7, 11) is 1.56. The Hall–Kier alpha value is -1.53. The van der Waals surface area contributed by atoms with E-state index in [-0.39, 0.29) is 11.2 Å². The third-order valence-electron chi connectivity index (χ3n) is 2.53. The molecule has 0 aliphatic carbocycles. The first-order chi connectivity index (χ1) is 9.47. The van der Waals surface area contributed by atoms with Crippen LogP contribution in [0.3, 0.4) is 0 Å². The molecule has 7 heteroatoms. The molecule has 0 radical (unpaired) electrons. The Morgan fingerprint density at radius 2 is 2.30 bits per heavy atom. The number of benzene rings is 1. The minimum absolute atomic E-state index is 0.0530. The standard InChI is InChI=1S/C13H18ClN3O2S/c1-4-8(2)19-12-10(14)5-9(6-11(12)18-3)7-16-17-13(15)20/h5-8H,4H2,1-3H3,(H3,15,17,20). The lowest BCUT2D eigenvalue weighted by molar-refractivity contribution is 0.208. The van der Waals surface area contributed by atoms with Crippen molar-refractivity contribution in [3.8, 4) is 11.5 Å². The predicted octanol–water partition coefficient (Wildman–Crippen LogP) is 2.69. The number of rotatable bonds is 6. The summed E-state index contributed by atoms with van der Waals surface area (Å²) < 4.78 is 11.1. The molecule has 0 spiro atoms. The van der Waals surface area contributed by atoms with Crippen molar-refractivity contribution in [3.63, 3.8) is 0 Å². The van der Waals surface area contributed by atoms with Crippen LogP contribution in [0.4, 0.5) is 0 Å². The summed E-state index contributed by atoms with van der Waals surface area (Å²) in [5.74, 6) is 1.08. The smallest absolute Gasteiger partial charge is 0.184 e. The molecule has 0 aromatic heterocycles. The molecule has 110 valence electrons. The monoisotopic (exact) mass is 315 g/mol. The summed E-state index contributed by atoms with van der Waals surface area (Å²) in [6.45, 7) is 4.00. The fourth-order valence-corrected chi connectivity index (χ4v) is 1.70. The van der Waals surface area contributed by atoms with Gasteiger partial charge in [0.05, 0.1) is 24.5 Å². The predicted molar refractivity (Wildman–Crippen MR) is 85.9 cm³/mol. The van der Waals surface area contributed by atoms with Gasteiger partial charge in [0.2, 0.25) is 0 Å². The van der Waals surface area contributed by atoms with Crippen LogP contribution < -0.4 is 20.6 Å². The summed E-state index contributed by atoms with van der Waals surface area (Å²) in [6.07, 6.45) is 2.47. The number of nitrogens with two attached hydrogens (primary N) is 1. The molecule has 20 heavy (non-hydrogen) atoms. The van der Waals surface area contributed by atoms with Gasteiger partial charge in [0, 0.05) is 0 Å². The largest absolute Gasteiger partial charge is 0.493 e. The normalized spacial score (nSPS) is 12.2. The van der Waals surface area contributed by atoms with Crippen molar-refractivity contribution in [2.75, 3.05) is 7.11 Å². The van der Waals surface area contributed by atoms with Crippen molar-refractivity contribution in [2.24, 2.45) is 10.8 Å². The van der Waals surface area contributed by atoms with E-state index in [1.165, 1.54) is 0 Å². The second kappa shape index (κ2) is 7.91. The van der Waals surface area contributed by atoms with E-state index in [0.717, 1.165) is 12.0 Å². The fourth-order valence-electron chi connectivity index (χ4n) is 1.38. The Morgan fingerprint density at radius 3 is 2.85 bits per heavy atom. The Kier molecular flexibility index (Phi) is 6.54. The van der Waals surface area contributed by atoms with Crippen molar-refractivity contribution in [2.45, 2.75) is 26.4 Å². The van der Waals surface area contributed by atoms with Gasteiger partial charge in [-0.15, -0.1) is 0 Å². The highest BCUT2D eigenvalue weighted by Gasteiger charge is 2.13. The zero-order valence-corrected chi connectivity index (χ0v) is 13.2. The second-order valence-corrected chi connectivity index (χ2v) is 4.95. The molecular formula is C13H18ClN3O2S. The Labute approximate surface area is 129 Å². The molecule has 0 aliphatic rings. The van der Waals surface area contributed by atoms with Gasteiger partial charge < -0.3 is 15.2 Å². The van der Waals surface area contributed by atoms with Gasteiger partial charge in [-0.1, -0.05) is 18.5 Å². The summed E-state index contributed by atoms with van der Waals surface area (Å²) in [4.78, 5) is 0.